The Kier molecular flexibility index (Phi) is 2.05. The highest BCUT2D eigenvalue weighted by atomic mass is 32.1. The Hall–Kier alpha value is -2.08. The van der Waals surface area contributed by atoms with Crippen LogP contribution in [0.3, 0.4) is 0 Å². The van der Waals surface area contributed by atoms with Crippen LogP contribution in [0.15, 0.2) is 30.0 Å². The molecular formula is C11H9N3O2S. The molecule has 0 amide bonds. The number of aryl methyl sites for hydroxylation is 1. The normalized spacial score (nSPS) is 11.1. The molecule has 0 saturated carbocycles. The van der Waals surface area contributed by atoms with E-state index in [0.717, 1.165) is 11.3 Å². The number of hydrogen-bond acceptors (Lipinski definition) is 3. The molecule has 6 heteroatoms. The van der Waals surface area contributed by atoms with E-state index in [1.165, 1.54) is 11.3 Å². The van der Waals surface area contributed by atoms with Gasteiger partial charge in [0.1, 0.15) is 0 Å². The number of thiazole rings is 1. The first-order valence-electron chi connectivity index (χ1n) is 4.97. The smallest absolute Gasteiger partial charge is 0.356 e. The van der Waals surface area contributed by atoms with Gasteiger partial charge in [0.2, 0.25) is 0 Å². The minimum Gasteiger partial charge on any atom is -0.476 e. The summed E-state index contributed by atoms with van der Waals surface area (Å²) in [6.45, 7) is 0. The van der Waals surface area contributed by atoms with Gasteiger partial charge in [-0.1, -0.05) is 0 Å². The van der Waals surface area contributed by atoms with Crippen molar-refractivity contribution >= 4 is 22.3 Å². The fourth-order valence-corrected chi connectivity index (χ4v) is 2.63. The zero-order valence-corrected chi connectivity index (χ0v) is 9.81. The molecule has 0 aliphatic heterocycles. The summed E-state index contributed by atoms with van der Waals surface area (Å²) >= 11 is 1.44. The van der Waals surface area contributed by atoms with Gasteiger partial charge in [-0.3, -0.25) is 4.40 Å². The van der Waals surface area contributed by atoms with Crippen molar-refractivity contribution in [3.05, 3.63) is 35.7 Å². The van der Waals surface area contributed by atoms with Crippen LogP contribution < -0.4 is 0 Å². The van der Waals surface area contributed by atoms with Gasteiger partial charge in [-0.25, -0.2) is 9.78 Å². The molecule has 0 spiro atoms. The van der Waals surface area contributed by atoms with E-state index in [1.54, 1.807) is 6.20 Å². The first kappa shape index (κ1) is 10.1. The number of nitrogens with zero attached hydrogens (tertiary/aromatic N) is 3. The number of aromatic carboxylic acids is 1. The summed E-state index contributed by atoms with van der Waals surface area (Å²) < 4.78 is 3.76. The van der Waals surface area contributed by atoms with E-state index in [0.29, 0.717) is 4.96 Å². The number of rotatable bonds is 2. The fourth-order valence-electron chi connectivity index (χ4n) is 1.75. The Morgan fingerprint density at radius 2 is 2.29 bits per heavy atom. The van der Waals surface area contributed by atoms with Crippen molar-refractivity contribution in [1.29, 1.82) is 0 Å². The largest absolute Gasteiger partial charge is 0.476 e. The van der Waals surface area contributed by atoms with E-state index in [1.807, 2.05) is 39.9 Å². The highest BCUT2D eigenvalue weighted by Gasteiger charge is 2.13. The number of imidazole rings is 1. The minimum absolute atomic E-state index is 0.0778. The number of fused-ring (bicyclic) bond motifs is 1. The lowest BCUT2D eigenvalue weighted by atomic mass is 10.3. The average molecular weight is 247 g/mol. The molecule has 5 nitrogen and oxygen atoms in total. The van der Waals surface area contributed by atoms with Crippen molar-refractivity contribution in [3.63, 3.8) is 0 Å². The molecular weight excluding hydrogens is 238 g/mol. The van der Waals surface area contributed by atoms with Crippen molar-refractivity contribution < 1.29 is 9.90 Å². The van der Waals surface area contributed by atoms with Gasteiger partial charge in [0.25, 0.3) is 0 Å². The molecule has 0 aliphatic rings. The lowest BCUT2D eigenvalue weighted by molar-refractivity contribution is 0.0691. The van der Waals surface area contributed by atoms with Crippen molar-refractivity contribution in [2.24, 2.45) is 7.05 Å². The molecule has 3 aromatic heterocycles. The zero-order valence-electron chi connectivity index (χ0n) is 8.99. The van der Waals surface area contributed by atoms with E-state index in [-0.39, 0.29) is 5.69 Å². The van der Waals surface area contributed by atoms with Crippen LogP contribution >= 0.6 is 11.3 Å². The lowest BCUT2D eigenvalue weighted by Crippen LogP contribution is -1.95. The maximum Gasteiger partial charge on any atom is 0.356 e. The van der Waals surface area contributed by atoms with Gasteiger partial charge in [0.15, 0.2) is 10.7 Å². The third-order valence-corrected chi connectivity index (χ3v) is 3.40. The molecule has 0 atom stereocenters. The SMILES string of the molecule is Cn1ccc(-c2csc3nc(C(=O)O)cn23)c1. The van der Waals surface area contributed by atoms with Crippen molar-refractivity contribution in [2.45, 2.75) is 0 Å². The predicted octanol–water partition coefficient (Wildman–Crippen LogP) is 2.10. The molecule has 3 aromatic rings. The highest BCUT2D eigenvalue weighted by Crippen LogP contribution is 2.26. The van der Waals surface area contributed by atoms with Crippen LogP contribution in [0.25, 0.3) is 16.2 Å². The van der Waals surface area contributed by atoms with Crippen molar-refractivity contribution in [1.82, 2.24) is 14.0 Å². The molecule has 3 rings (SSSR count). The minimum atomic E-state index is -1.00. The van der Waals surface area contributed by atoms with Gasteiger partial charge >= 0.3 is 5.97 Å². The van der Waals surface area contributed by atoms with Crippen LogP contribution in [0.2, 0.25) is 0 Å². The monoisotopic (exact) mass is 247 g/mol. The number of hydrogen-bond donors (Lipinski definition) is 1. The molecule has 0 radical (unpaired) electrons. The number of carboxylic acids is 1. The van der Waals surface area contributed by atoms with E-state index in [4.69, 9.17) is 5.11 Å². The second-order valence-electron chi connectivity index (χ2n) is 3.77. The highest BCUT2D eigenvalue weighted by molar-refractivity contribution is 7.15. The van der Waals surface area contributed by atoms with Gasteiger partial charge < -0.3 is 9.67 Å². The summed E-state index contributed by atoms with van der Waals surface area (Å²) in [6.07, 6.45) is 5.49. The predicted molar refractivity (Wildman–Crippen MR) is 64.4 cm³/mol. The first-order chi connectivity index (χ1) is 8.15. The van der Waals surface area contributed by atoms with Crippen molar-refractivity contribution in [2.75, 3.05) is 0 Å². The third kappa shape index (κ3) is 1.53. The summed E-state index contributed by atoms with van der Waals surface area (Å²) in [5.41, 5.74) is 2.09. The van der Waals surface area contributed by atoms with Gasteiger partial charge in [-0.2, -0.15) is 0 Å². The average Bonchev–Trinajstić information content (AvgIpc) is 2.90. The zero-order chi connectivity index (χ0) is 12.0. The standard InChI is InChI=1S/C11H9N3O2S/c1-13-3-2-7(4-13)9-6-17-11-12-8(10(15)16)5-14(9)11/h2-6H,1H3,(H,15,16). The number of carbonyl (C=O) groups is 1. The van der Waals surface area contributed by atoms with Gasteiger partial charge in [0.05, 0.1) is 5.69 Å². The molecule has 3 heterocycles. The Morgan fingerprint density at radius 3 is 2.94 bits per heavy atom. The quantitative estimate of drug-likeness (QED) is 0.754. The second-order valence-corrected chi connectivity index (χ2v) is 4.61. The van der Waals surface area contributed by atoms with Gasteiger partial charge in [-0.15, -0.1) is 11.3 Å². The number of aromatic nitrogens is 3. The maximum atomic E-state index is 10.8. The topological polar surface area (TPSA) is 59.5 Å². The molecule has 17 heavy (non-hydrogen) atoms. The molecule has 0 saturated heterocycles. The Morgan fingerprint density at radius 1 is 1.47 bits per heavy atom. The van der Waals surface area contributed by atoms with Crippen LogP contribution in [0.1, 0.15) is 10.5 Å². The van der Waals surface area contributed by atoms with E-state index >= 15 is 0 Å². The molecule has 1 N–H and O–H groups in total. The van der Waals surface area contributed by atoms with Crippen LogP contribution in [0.5, 0.6) is 0 Å². The van der Waals surface area contributed by atoms with Crippen LogP contribution in [-0.4, -0.2) is 25.0 Å². The van der Waals surface area contributed by atoms with Crippen LogP contribution in [0, 0.1) is 0 Å². The summed E-state index contributed by atoms with van der Waals surface area (Å²) in [4.78, 5) is 15.6. The Labute approximate surface area is 101 Å². The number of carboxylic acid groups (broad SMARTS) is 1. The molecule has 0 aromatic carbocycles. The molecule has 86 valence electrons. The molecule has 0 aliphatic carbocycles. The Balaban J connectivity index is 2.20. The second kappa shape index (κ2) is 3.46. The molecule has 0 fully saturated rings. The molecule has 0 bridgehead atoms. The summed E-state index contributed by atoms with van der Waals surface area (Å²) in [7, 11) is 1.95. The molecule has 0 unspecified atom stereocenters. The van der Waals surface area contributed by atoms with Crippen molar-refractivity contribution in [3.8, 4) is 11.3 Å². The Bertz CT molecular complexity index is 707. The first-order valence-corrected chi connectivity index (χ1v) is 5.85. The summed E-state index contributed by atoms with van der Waals surface area (Å²) in [6, 6.07) is 1.99. The van der Waals surface area contributed by atoms with E-state index in [9.17, 15) is 4.79 Å². The van der Waals surface area contributed by atoms with E-state index in [2.05, 4.69) is 4.98 Å². The van der Waals surface area contributed by atoms with Gasteiger partial charge in [0, 0.05) is 36.6 Å². The van der Waals surface area contributed by atoms with E-state index < -0.39 is 5.97 Å². The van der Waals surface area contributed by atoms with Gasteiger partial charge in [-0.05, 0) is 6.07 Å². The lowest BCUT2D eigenvalue weighted by Gasteiger charge is -1.94. The summed E-state index contributed by atoms with van der Waals surface area (Å²) in [5.74, 6) is -1.00. The fraction of sp³-hybridized carbons (Fsp3) is 0.0909. The maximum absolute atomic E-state index is 10.8. The van der Waals surface area contributed by atoms with Crippen LogP contribution in [-0.2, 0) is 7.05 Å². The summed E-state index contributed by atoms with van der Waals surface area (Å²) in [5, 5.41) is 10.9. The van der Waals surface area contributed by atoms with Crippen LogP contribution in [0.4, 0.5) is 0 Å². The third-order valence-electron chi connectivity index (χ3n) is 2.56.